The first-order valence-electron chi connectivity index (χ1n) is 9.71. The topological polar surface area (TPSA) is 107 Å². The van der Waals surface area contributed by atoms with E-state index in [4.69, 9.17) is 0 Å². The summed E-state index contributed by atoms with van der Waals surface area (Å²) in [7, 11) is 0. The number of halogens is 1. The number of nitrogens with one attached hydrogen (secondary N) is 2. The Kier molecular flexibility index (Phi) is 4.33. The number of tetrazole rings is 1. The Bertz CT molecular complexity index is 1030. The Morgan fingerprint density at radius 2 is 1.93 bits per heavy atom. The minimum absolute atomic E-state index is 0.0778. The highest BCUT2D eigenvalue weighted by molar-refractivity contribution is 9.10. The van der Waals surface area contributed by atoms with E-state index in [-0.39, 0.29) is 28.0 Å². The molecule has 3 unspecified atom stereocenters. The number of benzene rings is 1. The molecule has 9 nitrogen and oxygen atoms in total. The number of H-pyrrole nitrogens is 1. The Balaban J connectivity index is 1.46. The van der Waals surface area contributed by atoms with Crippen LogP contribution in [0.5, 0.6) is 0 Å². The van der Waals surface area contributed by atoms with Gasteiger partial charge in [-0.3, -0.25) is 14.9 Å². The normalized spacial score (nSPS) is 31.8. The molecule has 2 N–H and O–H groups in total. The quantitative estimate of drug-likeness (QED) is 0.631. The molecule has 11 heteroatoms. The highest BCUT2D eigenvalue weighted by Gasteiger charge is 2.67. The summed E-state index contributed by atoms with van der Waals surface area (Å²) in [6.07, 6.45) is 0. The molecule has 3 saturated heterocycles. The van der Waals surface area contributed by atoms with Gasteiger partial charge in [-0.05, 0) is 45.4 Å². The highest BCUT2D eigenvalue weighted by atomic mass is 79.9. The van der Waals surface area contributed by atoms with Gasteiger partial charge in [0.25, 0.3) is 0 Å². The molecule has 3 aliphatic rings. The Labute approximate surface area is 186 Å². The van der Waals surface area contributed by atoms with Gasteiger partial charge in [0.15, 0.2) is 5.82 Å². The van der Waals surface area contributed by atoms with Crippen LogP contribution in [0.25, 0.3) is 0 Å². The van der Waals surface area contributed by atoms with E-state index in [1.807, 2.05) is 38.1 Å². The zero-order valence-corrected chi connectivity index (χ0v) is 19.4. The summed E-state index contributed by atoms with van der Waals surface area (Å²) in [5.74, 6) is 0.336. The van der Waals surface area contributed by atoms with Crippen LogP contribution in [0.15, 0.2) is 28.7 Å². The first-order chi connectivity index (χ1) is 14.1. The van der Waals surface area contributed by atoms with Crippen molar-refractivity contribution in [1.29, 1.82) is 0 Å². The van der Waals surface area contributed by atoms with Crippen LogP contribution in [0.4, 0.5) is 0 Å². The van der Waals surface area contributed by atoms with Gasteiger partial charge < -0.3 is 9.80 Å². The first-order valence-corrected chi connectivity index (χ1v) is 11.4. The molecular weight excluding hydrogens is 470 g/mol. The third-order valence-corrected chi connectivity index (χ3v) is 8.11. The summed E-state index contributed by atoms with van der Waals surface area (Å²) in [6, 6.07) is 6.38. The Morgan fingerprint density at radius 3 is 2.60 bits per heavy atom. The van der Waals surface area contributed by atoms with Gasteiger partial charge in [0.1, 0.15) is 23.5 Å². The van der Waals surface area contributed by atoms with Crippen molar-refractivity contribution < 1.29 is 9.59 Å². The van der Waals surface area contributed by atoms with Gasteiger partial charge in [0.2, 0.25) is 11.8 Å². The fraction of sp³-hybridized carbons (Fsp3) is 0.526. The van der Waals surface area contributed by atoms with Crippen molar-refractivity contribution in [2.24, 2.45) is 0 Å². The summed E-state index contributed by atoms with van der Waals surface area (Å²) in [4.78, 5) is 30.4. The van der Waals surface area contributed by atoms with E-state index < -0.39 is 17.7 Å². The lowest BCUT2D eigenvalue weighted by atomic mass is 9.93. The number of amides is 2. The maximum atomic E-state index is 13.5. The van der Waals surface area contributed by atoms with Gasteiger partial charge in [-0.2, -0.15) is 5.21 Å². The molecule has 3 fully saturated rings. The number of carbonyl (C=O) groups is 2. The molecule has 4 heterocycles. The summed E-state index contributed by atoms with van der Waals surface area (Å²) in [5.41, 5.74) is 0.212. The average molecular weight is 492 g/mol. The molecule has 0 saturated carbocycles. The zero-order valence-electron chi connectivity index (χ0n) is 17.0. The van der Waals surface area contributed by atoms with Crippen molar-refractivity contribution in [3.8, 4) is 0 Å². The number of rotatable bonds is 3. The van der Waals surface area contributed by atoms with Crippen molar-refractivity contribution in [1.82, 2.24) is 35.7 Å². The van der Waals surface area contributed by atoms with E-state index >= 15 is 0 Å². The second kappa shape index (κ2) is 6.51. The highest BCUT2D eigenvalue weighted by Crippen LogP contribution is 2.58. The van der Waals surface area contributed by atoms with Gasteiger partial charge in [0.05, 0.1) is 5.66 Å². The van der Waals surface area contributed by atoms with Crippen molar-refractivity contribution in [2.45, 2.75) is 61.6 Å². The van der Waals surface area contributed by atoms with E-state index in [1.165, 1.54) is 0 Å². The maximum Gasteiger partial charge on any atom is 0.250 e. The smallest absolute Gasteiger partial charge is 0.250 e. The number of hydrogen-bond acceptors (Lipinski definition) is 7. The summed E-state index contributed by atoms with van der Waals surface area (Å²) in [6.45, 7) is 8.03. The molecule has 0 bridgehead atoms. The number of hydrogen-bond donors (Lipinski definition) is 2. The number of fused-ring (bicyclic) bond motifs is 1. The number of aromatic amines is 1. The number of thioether (sulfide) groups is 1. The predicted molar refractivity (Wildman–Crippen MR) is 114 cm³/mol. The molecule has 0 aliphatic carbocycles. The molecule has 1 aromatic carbocycles. The van der Waals surface area contributed by atoms with Crippen molar-refractivity contribution in [3.05, 3.63) is 40.1 Å². The molecule has 2 amide bonds. The molecule has 4 atom stereocenters. The van der Waals surface area contributed by atoms with E-state index in [1.54, 1.807) is 21.6 Å². The molecule has 1 aromatic heterocycles. The summed E-state index contributed by atoms with van der Waals surface area (Å²) >= 11 is 5.15. The lowest BCUT2D eigenvalue weighted by molar-refractivity contribution is -0.165. The van der Waals surface area contributed by atoms with Crippen molar-refractivity contribution in [2.75, 3.05) is 0 Å². The average Bonchev–Trinajstić information content (AvgIpc) is 3.33. The fourth-order valence-corrected chi connectivity index (χ4v) is 6.92. The van der Waals surface area contributed by atoms with E-state index in [0.29, 0.717) is 5.82 Å². The minimum atomic E-state index is -0.661. The van der Waals surface area contributed by atoms with Gasteiger partial charge in [-0.25, -0.2) is 0 Å². The summed E-state index contributed by atoms with van der Waals surface area (Å²) < 4.78 is 0.607. The number of carbonyl (C=O) groups excluding carboxylic acids is 2. The predicted octanol–water partition coefficient (Wildman–Crippen LogP) is 1.97. The van der Waals surface area contributed by atoms with Gasteiger partial charge in [-0.15, -0.1) is 22.0 Å². The monoisotopic (exact) mass is 491 g/mol. The maximum absolute atomic E-state index is 13.5. The third-order valence-electron chi connectivity index (χ3n) is 6.06. The number of aromatic nitrogens is 4. The van der Waals surface area contributed by atoms with E-state index in [0.717, 1.165) is 10.0 Å². The molecule has 2 aromatic rings. The van der Waals surface area contributed by atoms with Gasteiger partial charge >= 0.3 is 0 Å². The van der Waals surface area contributed by atoms with Crippen LogP contribution in [0, 0.1) is 0 Å². The fourth-order valence-electron chi connectivity index (χ4n) is 4.83. The van der Waals surface area contributed by atoms with Crippen molar-refractivity contribution >= 4 is 39.5 Å². The largest absolute Gasteiger partial charge is 0.314 e. The zero-order chi connectivity index (χ0) is 21.4. The molecule has 0 spiro atoms. The first kappa shape index (κ1) is 20.0. The lowest BCUT2D eigenvalue weighted by Gasteiger charge is -2.50. The van der Waals surface area contributed by atoms with Crippen LogP contribution in [0.2, 0.25) is 0 Å². The molecule has 3 aliphatic heterocycles. The number of β-lactam (4-membered cyclic amide) rings is 1. The van der Waals surface area contributed by atoms with Crippen LogP contribution in [0.3, 0.4) is 0 Å². The molecule has 0 radical (unpaired) electrons. The summed E-state index contributed by atoms with van der Waals surface area (Å²) in [5, 5.41) is 17.6. The van der Waals surface area contributed by atoms with Crippen molar-refractivity contribution in [3.63, 3.8) is 0 Å². The van der Waals surface area contributed by atoms with Gasteiger partial charge in [0, 0.05) is 9.22 Å². The van der Waals surface area contributed by atoms with Crippen LogP contribution in [-0.4, -0.2) is 64.1 Å². The number of nitrogens with zero attached hydrogens (tertiary/aromatic N) is 5. The van der Waals surface area contributed by atoms with Crippen LogP contribution < -0.4 is 5.32 Å². The SMILES string of the molecule is CC1(C)S[C@@H]2C(N3C(=O)C(c4cccc(Br)c4)NC3(C)C)C(=O)N2C1c1nn[nH]n1. The molecular formula is C19H22BrN7O2S. The molecule has 5 rings (SSSR count). The molecule has 158 valence electrons. The third kappa shape index (κ3) is 2.75. The van der Waals surface area contributed by atoms with Crippen LogP contribution >= 0.6 is 27.7 Å². The van der Waals surface area contributed by atoms with E-state index in [2.05, 4.69) is 55.7 Å². The standard InChI is InChI=1S/C19H22BrN7O2S/c1-18(2)13(14-22-24-25-23-14)26-16(29)12(17(26)30-18)27-15(28)11(21-19(27,3)4)9-6-5-7-10(20)8-9/h5-8,11-13,17,21H,1-4H3,(H,22,23,24,25)/t11?,12?,13?,17-/m1/s1. The second-order valence-electron chi connectivity index (χ2n) is 8.87. The molecule has 30 heavy (non-hydrogen) atoms. The lowest BCUT2D eigenvalue weighted by Crippen LogP contribution is -2.71. The Hall–Kier alpha value is -1.98. The minimum Gasteiger partial charge on any atom is -0.314 e. The van der Waals surface area contributed by atoms with Crippen LogP contribution in [0.1, 0.15) is 51.2 Å². The van der Waals surface area contributed by atoms with Crippen LogP contribution in [-0.2, 0) is 9.59 Å². The van der Waals surface area contributed by atoms with E-state index in [9.17, 15) is 9.59 Å². The van der Waals surface area contributed by atoms with Gasteiger partial charge in [-0.1, -0.05) is 33.3 Å². The Morgan fingerprint density at radius 1 is 1.17 bits per heavy atom. The second-order valence-corrected chi connectivity index (χ2v) is 11.6.